The Morgan fingerprint density at radius 1 is 1.10 bits per heavy atom. The number of rotatable bonds is 2. The van der Waals surface area contributed by atoms with Crippen molar-refractivity contribution in [3.05, 3.63) is 59.7 Å². The van der Waals surface area contributed by atoms with Gasteiger partial charge in [-0.25, -0.2) is 4.99 Å². The summed E-state index contributed by atoms with van der Waals surface area (Å²) >= 11 is 0. The van der Waals surface area contributed by atoms with Gasteiger partial charge in [-0.1, -0.05) is 36.1 Å². The third-order valence-corrected chi connectivity index (χ3v) is 2.65. The molecule has 0 radical (unpaired) electrons. The fraction of sp³-hybridized carbons (Fsp3) is 0.0588. The van der Waals surface area contributed by atoms with Gasteiger partial charge in [-0.2, -0.15) is 0 Å². The molecule has 4 heteroatoms. The molecule has 0 spiro atoms. The minimum Gasteiger partial charge on any atom is -0.504 e. The van der Waals surface area contributed by atoms with E-state index in [9.17, 15) is 15.0 Å². The molecule has 1 amide bonds. The van der Waals surface area contributed by atoms with Gasteiger partial charge in [0.2, 0.25) is 0 Å². The lowest BCUT2D eigenvalue weighted by Gasteiger charge is -2.00. The maximum atomic E-state index is 11.7. The quantitative estimate of drug-likeness (QED) is 0.504. The number of hydrogen-bond donors (Lipinski definition) is 2. The molecule has 2 rings (SSSR count). The summed E-state index contributed by atoms with van der Waals surface area (Å²) in [6.07, 6.45) is 1.70. The van der Waals surface area contributed by atoms with Gasteiger partial charge in [0.05, 0.1) is 5.56 Å². The molecule has 2 N–H and O–H groups in total. The van der Waals surface area contributed by atoms with Crippen molar-refractivity contribution in [3.8, 4) is 23.3 Å². The van der Waals surface area contributed by atoms with Crippen LogP contribution in [-0.4, -0.2) is 22.3 Å². The highest BCUT2D eigenvalue weighted by atomic mass is 16.3. The van der Waals surface area contributed by atoms with Crippen LogP contribution in [0.2, 0.25) is 0 Å². The van der Waals surface area contributed by atoms with E-state index in [0.717, 1.165) is 5.56 Å². The van der Waals surface area contributed by atoms with Gasteiger partial charge >= 0.3 is 0 Å². The number of nitrogens with zero attached hydrogens (tertiary/aromatic N) is 1. The van der Waals surface area contributed by atoms with Crippen molar-refractivity contribution in [2.75, 3.05) is 0 Å². The van der Waals surface area contributed by atoms with Crippen molar-refractivity contribution in [1.82, 2.24) is 0 Å². The summed E-state index contributed by atoms with van der Waals surface area (Å²) in [4.78, 5) is 15.4. The van der Waals surface area contributed by atoms with Gasteiger partial charge in [0.15, 0.2) is 11.5 Å². The van der Waals surface area contributed by atoms with E-state index >= 15 is 0 Å². The van der Waals surface area contributed by atoms with Crippen LogP contribution in [0, 0.1) is 11.8 Å². The van der Waals surface area contributed by atoms with Crippen molar-refractivity contribution in [2.45, 2.75) is 6.42 Å². The average molecular weight is 279 g/mol. The van der Waals surface area contributed by atoms with Crippen LogP contribution in [0.3, 0.4) is 0 Å². The molecule has 2 aromatic carbocycles. The lowest BCUT2D eigenvalue weighted by Crippen LogP contribution is -1.95. The van der Waals surface area contributed by atoms with Crippen molar-refractivity contribution < 1.29 is 15.0 Å². The number of phenolic OH excluding ortho intramolecular Hbond substituents is 2. The number of carbonyl (C=O) groups excluding carboxylic acids is 1. The number of benzene rings is 2. The van der Waals surface area contributed by atoms with Crippen LogP contribution in [0.25, 0.3) is 0 Å². The Balaban J connectivity index is 1.97. The monoisotopic (exact) mass is 279 g/mol. The molecule has 0 aliphatic heterocycles. The van der Waals surface area contributed by atoms with Crippen molar-refractivity contribution in [3.63, 3.8) is 0 Å². The van der Waals surface area contributed by atoms with Crippen LogP contribution < -0.4 is 0 Å². The minimum atomic E-state index is -0.620. The number of aromatic hydroxyl groups is 2. The summed E-state index contributed by atoms with van der Waals surface area (Å²) in [5, 5.41) is 18.9. The summed E-state index contributed by atoms with van der Waals surface area (Å²) in [7, 11) is 0. The normalized spacial score (nSPS) is 10.1. The molecule has 0 saturated heterocycles. The zero-order chi connectivity index (χ0) is 15.1. The summed E-state index contributed by atoms with van der Waals surface area (Å²) in [5.41, 5.74) is 0.852. The number of hydrogen-bond acceptors (Lipinski definition) is 3. The smallest absolute Gasteiger partial charge is 0.280 e. The molecular weight excluding hydrogens is 266 g/mol. The average Bonchev–Trinajstić information content (AvgIpc) is 2.50. The molecule has 0 aromatic heterocycles. The molecule has 0 fully saturated rings. The van der Waals surface area contributed by atoms with Gasteiger partial charge in [-0.3, -0.25) is 4.79 Å². The van der Waals surface area contributed by atoms with Crippen LogP contribution in [0.1, 0.15) is 22.3 Å². The van der Waals surface area contributed by atoms with Gasteiger partial charge in [-0.05, 0) is 24.3 Å². The van der Waals surface area contributed by atoms with Crippen LogP contribution in [-0.2, 0) is 0 Å². The second-order valence-electron chi connectivity index (χ2n) is 4.16. The molecule has 0 aliphatic rings. The Kier molecular flexibility index (Phi) is 4.73. The van der Waals surface area contributed by atoms with Gasteiger partial charge in [0, 0.05) is 18.2 Å². The van der Waals surface area contributed by atoms with Gasteiger partial charge < -0.3 is 10.2 Å². The lowest BCUT2D eigenvalue weighted by atomic mass is 10.2. The maximum Gasteiger partial charge on any atom is 0.280 e. The Bertz CT molecular complexity index is 725. The summed E-state index contributed by atoms with van der Waals surface area (Å²) in [6.45, 7) is 0. The molecule has 0 unspecified atom stereocenters. The molecule has 0 heterocycles. The Labute approximate surface area is 122 Å². The first-order valence-corrected chi connectivity index (χ1v) is 6.30. The Hall–Kier alpha value is -3.06. The van der Waals surface area contributed by atoms with E-state index in [1.807, 2.05) is 30.3 Å². The van der Waals surface area contributed by atoms with Gasteiger partial charge in [0.25, 0.3) is 5.91 Å². The highest BCUT2D eigenvalue weighted by Crippen LogP contribution is 2.28. The summed E-state index contributed by atoms with van der Waals surface area (Å²) in [5.74, 6) is 4.38. The predicted octanol–water partition coefficient (Wildman–Crippen LogP) is 2.75. The largest absolute Gasteiger partial charge is 0.504 e. The molecule has 2 aromatic rings. The van der Waals surface area contributed by atoms with Crippen LogP contribution in [0.5, 0.6) is 11.5 Å². The summed E-state index contributed by atoms with van der Waals surface area (Å²) in [6, 6.07) is 13.6. The fourth-order valence-corrected chi connectivity index (χ4v) is 1.62. The van der Waals surface area contributed by atoms with Crippen molar-refractivity contribution in [2.24, 2.45) is 4.99 Å². The molecule has 104 valence electrons. The van der Waals surface area contributed by atoms with E-state index in [4.69, 9.17) is 0 Å². The third kappa shape index (κ3) is 3.95. The van der Waals surface area contributed by atoms with Gasteiger partial charge in [-0.15, -0.1) is 0 Å². The maximum absolute atomic E-state index is 11.7. The topological polar surface area (TPSA) is 69.9 Å². The number of amides is 1. The zero-order valence-electron chi connectivity index (χ0n) is 11.2. The SMILES string of the molecule is O=C(N=CCC#Cc1ccccc1)c1cccc(O)c1O. The highest BCUT2D eigenvalue weighted by Gasteiger charge is 2.11. The highest BCUT2D eigenvalue weighted by molar-refractivity contribution is 6.01. The van der Waals surface area contributed by atoms with Gasteiger partial charge in [0.1, 0.15) is 0 Å². The van der Waals surface area contributed by atoms with E-state index in [1.54, 1.807) is 0 Å². The lowest BCUT2D eigenvalue weighted by molar-refractivity contribution is 0.1000. The summed E-state index contributed by atoms with van der Waals surface area (Å²) < 4.78 is 0. The molecule has 21 heavy (non-hydrogen) atoms. The van der Waals surface area contributed by atoms with Crippen molar-refractivity contribution >= 4 is 12.1 Å². The molecule has 4 nitrogen and oxygen atoms in total. The first-order valence-electron chi connectivity index (χ1n) is 6.30. The van der Waals surface area contributed by atoms with E-state index < -0.39 is 11.7 Å². The molecular formula is C17H13NO3. The Morgan fingerprint density at radius 2 is 1.86 bits per heavy atom. The van der Waals surface area contributed by atoms with E-state index in [1.165, 1.54) is 24.4 Å². The molecule has 0 bridgehead atoms. The first-order chi connectivity index (χ1) is 10.2. The van der Waals surface area contributed by atoms with Crippen LogP contribution in [0.4, 0.5) is 0 Å². The second-order valence-corrected chi connectivity index (χ2v) is 4.16. The molecule has 0 saturated carbocycles. The predicted molar refractivity (Wildman–Crippen MR) is 80.5 cm³/mol. The number of phenols is 2. The van der Waals surface area contributed by atoms with Crippen molar-refractivity contribution in [1.29, 1.82) is 0 Å². The second kappa shape index (κ2) is 6.92. The molecule has 0 atom stereocenters. The number of aliphatic imine (C=N–C) groups is 1. The number of para-hydroxylation sites is 1. The Morgan fingerprint density at radius 3 is 2.62 bits per heavy atom. The zero-order valence-corrected chi connectivity index (χ0v) is 11.2. The number of carbonyl (C=O) groups is 1. The third-order valence-electron chi connectivity index (χ3n) is 2.65. The van der Waals surface area contributed by atoms with E-state index in [0.29, 0.717) is 6.42 Å². The van der Waals surface area contributed by atoms with Crippen LogP contribution in [0.15, 0.2) is 53.5 Å². The first kappa shape index (κ1) is 14.4. The standard InChI is InChI=1S/C17H13NO3/c19-15-11-6-10-14(16(15)20)17(21)18-12-5-4-9-13-7-2-1-3-8-13/h1-3,6-8,10-12,19-20H,5H2. The fourth-order valence-electron chi connectivity index (χ4n) is 1.62. The van der Waals surface area contributed by atoms with E-state index in [2.05, 4.69) is 16.8 Å². The molecule has 0 aliphatic carbocycles. The van der Waals surface area contributed by atoms with Crippen LogP contribution >= 0.6 is 0 Å². The van der Waals surface area contributed by atoms with E-state index in [-0.39, 0.29) is 11.3 Å². The minimum absolute atomic E-state index is 0.0396.